The molecule has 3 aromatic rings. The molecule has 4 N–H and O–H groups in total. The van der Waals surface area contributed by atoms with Gasteiger partial charge < -0.3 is 25.1 Å². The molecule has 0 radical (unpaired) electrons. The molecule has 1 saturated heterocycles. The van der Waals surface area contributed by atoms with Crippen LogP contribution in [0.3, 0.4) is 0 Å². The lowest BCUT2D eigenvalue weighted by atomic mass is 10.1. The van der Waals surface area contributed by atoms with E-state index in [-0.39, 0.29) is 30.0 Å². The smallest absolute Gasteiger partial charge is 0.344 e. The zero-order valence-corrected chi connectivity index (χ0v) is 17.9. The van der Waals surface area contributed by atoms with Gasteiger partial charge in [-0.05, 0) is 25.7 Å². The molecular weight excluding hydrogens is 400 g/mol. The Morgan fingerprint density at radius 2 is 2.23 bits per heavy atom. The molecule has 11 heteroatoms. The number of carbonyl (C=O) groups is 1. The highest BCUT2D eigenvalue weighted by Crippen LogP contribution is 2.17. The van der Waals surface area contributed by atoms with E-state index in [2.05, 4.69) is 44.8 Å². The van der Waals surface area contributed by atoms with Crippen LogP contribution in [0, 0.1) is 6.92 Å². The van der Waals surface area contributed by atoms with Crippen LogP contribution in [0.2, 0.25) is 0 Å². The number of hydrogen-bond acceptors (Lipinski definition) is 7. The summed E-state index contributed by atoms with van der Waals surface area (Å²) in [6, 6.07) is 3.61. The Balaban J connectivity index is 1.33. The third kappa shape index (κ3) is 4.98. The first-order chi connectivity index (χ1) is 14.9. The standard InChI is InChI=1S/C20H28N8O3/c1-12(2)16-11-28(20(30)22-16)27-6-4-5-14(10-27)21-17-9-18(25-24-17)23-19(29)8-15-7-13(3)26-31-15/h7,9,11-12,14H,4-6,8,10H2,1-3H3,(H,22,30)(H3,21,23,24,25,29). The molecule has 11 nitrogen and oxygen atoms in total. The molecule has 31 heavy (non-hydrogen) atoms. The van der Waals surface area contributed by atoms with Crippen LogP contribution in [-0.4, -0.2) is 50.1 Å². The molecule has 0 spiro atoms. The quantitative estimate of drug-likeness (QED) is 0.450. The lowest BCUT2D eigenvalue weighted by molar-refractivity contribution is -0.115. The maximum atomic E-state index is 12.3. The van der Waals surface area contributed by atoms with Crippen molar-refractivity contribution in [2.24, 2.45) is 0 Å². The summed E-state index contributed by atoms with van der Waals surface area (Å²) in [6.45, 7) is 7.40. The fourth-order valence-electron chi connectivity index (χ4n) is 3.70. The van der Waals surface area contributed by atoms with Crippen LogP contribution < -0.4 is 21.3 Å². The second-order valence-corrected chi connectivity index (χ2v) is 8.24. The van der Waals surface area contributed by atoms with Gasteiger partial charge in [0.15, 0.2) is 0 Å². The van der Waals surface area contributed by atoms with Crippen LogP contribution in [-0.2, 0) is 11.2 Å². The highest BCUT2D eigenvalue weighted by atomic mass is 16.5. The van der Waals surface area contributed by atoms with E-state index < -0.39 is 0 Å². The van der Waals surface area contributed by atoms with Crippen molar-refractivity contribution in [1.29, 1.82) is 0 Å². The minimum Gasteiger partial charge on any atom is -0.364 e. The largest absolute Gasteiger partial charge is 0.364 e. The number of anilines is 2. The van der Waals surface area contributed by atoms with Crippen LogP contribution in [0.1, 0.15) is 49.8 Å². The fraction of sp³-hybridized carbons (Fsp3) is 0.500. The molecule has 1 aliphatic heterocycles. The number of aromatic amines is 2. The summed E-state index contributed by atoms with van der Waals surface area (Å²) in [5.41, 5.74) is 1.55. The van der Waals surface area contributed by atoms with Gasteiger partial charge in [-0.15, -0.1) is 0 Å². The molecule has 0 saturated carbocycles. The van der Waals surface area contributed by atoms with Crippen molar-refractivity contribution in [3.8, 4) is 0 Å². The molecule has 4 heterocycles. The molecule has 3 aromatic heterocycles. The Bertz CT molecular complexity index is 1090. The number of piperidine rings is 1. The van der Waals surface area contributed by atoms with Crippen molar-refractivity contribution < 1.29 is 9.32 Å². The van der Waals surface area contributed by atoms with Crippen molar-refractivity contribution in [2.45, 2.75) is 52.0 Å². The van der Waals surface area contributed by atoms with Gasteiger partial charge in [0.2, 0.25) is 5.91 Å². The van der Waals surface area contributed by atoms with Gasteiger partial charge >= 0.3 is 5.69 Å². The van der Waals surface area contributed by atoms with Crippen molar-refractivity contribution in [2.75, 3.05) is 28.7 Å². The number of H-pyrrole nitrogens is 2. The molecule has 166 valence electrons. The predicted molar refractivity (Wildman–Crippen MR) is 116 cm³/mol. The van der Waals surface area contributed by atoms with E-state index in [9.17, 15) is 9.59 Å². The zero-order valence-electron chi connectivity index (χ0n) is 17.9. The van der Waals surface area contributed by atoms with Crippen molar-refractivity contribution >= 4 is 17.5 Å². The number of hydrogen-bond donors (Lipinski definition) is 4. The number of amides is 1. The van der Waals surface area contributed by atoms with E-state index in [1.165, 1.54) is 0 Å². The third-order valence-corrected chi connectivity index (χ3v) is 5.26. The number of aromatic nitrogens is 5. The van der Waals surface area contributed by atoms with Crippen LogP contribution in [0.5, 0.6) is 0 Å². The van der Waals surface area contributed by atoms with Crippen LogP contribution in [0.25, 0.3) is 0 Å². The van der Waals surface area contributed by atoms with Crippen LogP contribution in [0.15, 0.2) is 27.6 Å². The van der Waals surface area contributed by atoms with E-state index in [0.29, 0.717) is 23.9 Å². The average Bonchev–Trinajstić information content (AvgIpc) is 3.43. The van der Waals surface area contributed by atoms with E-state index in [1.54, 1.807) is 23.7 Å². The van der Waals surface area contributed by atoms with E-state index in [1.807, 2.05) is 11.2 Å². The highest BCUT2D eigenvalue weighted by Gasteiger charge is 2.23. The number of nitrogens with one attached hydrogen (secondary N) is 4. The van der Waals surface area contributed by atoms with E-state index in [4.69, 9.17) is 4.52 Å². The van der Waals surface area contributed by atoms with E-state index >= 15 is 0 Å². The summed E-state index contributed by atoms with van der Waals surface area (Å²) in [5, 5.41) is 19.0. The lowest BCUT2D eigenvalue weighted by Gasteiger charge is -2.34. The average molecular weight is 428 g/mol. The molecule has 0 aliphatic carbocycles. The Morgan fingerprint density at radius 3 is 2.94 bits per heavy atom. The summed E-state index contributed by atoms with van der Waals surface area (Å²) in [4.78, 5) is 27.4. The first kappa shape index (κ1) is 20.8. The number of rotatable bonds is 7. The Kier molecular flexibility index (Phi) is 5.83. The van der Waals surface area contributed by atoms with Gasteiger partial charge in [-0.3, -0.25) is 9.89 Å². The number of imidazole rings is 1. The maximum Gasteiger partial charge on any atom is 0.344 e. The van der Waals surface area contributed by atoms with Gasteiger partial charge in [0, 0.05) is 30.4 Å². The zero-order chi connectivity index (χ0) is 22.0. The second kappa shape index (κ2) is 8.70. The Hall–Kier alpha value is -3.50. The summed E-state index contributed by atoms with van der Waals surface area (Å²) in [5.74, 6) is 1.69. The molecular formula is C20H28N8O3. The van der Waals surface area contributed by atoms with E-state index in [0.717, 1.165) is 30.8 Å². The molecule has 4 rings (SSSR count). The summed E-state index contributed by atoms with van der Waals surface area (Å²) < 4.78 is 6.74. The molecule has 1 fully saturated rings. The summed E-state index contributed by atoms with van der Waals surface area (Å²) >= 11 is 0. The Morgan fingerprint density at radius 1 is 1.39 bits per heavy atom. The predicted octanol–water partition coefficient (Wildman–Crippen LogP) is 1.71. The SMILES string of the molecule is Cc1cc(CC(=O)Nc2cc(NC3CCCN(n4cc(C(C)C)[nH]c4=O)C3)n[nH]2)on1. The molecule has 1 atom stereocenters. The van der Waals surface area contributed by atoms with Crippen LogP contribution >= 0.6 is 0 Å². The van der Waals surface area contributed by atoms with Crippen molar-refractivity contribution in [3.05, 3.63) is 46.0 Å². The van der Waals surface area contributed by atoms with Gasteiger partial charge in [-0.25, -0.2) is 9.47 Å². The number of aryl methyl sites for hydroxylation is 1. The highest BCUT2D eigenvalue weighted by molar-refractivity contribution is 5.91. The summed E-state index contributed by atoms with van der Waals surface area (Å²) in [6.07, 6.45) is 3.90. The monoisotopic (exact) mass is 428 g/mol. The third-order valence-electron chi connectivity index (χ3n) is 5.26. The second-order valence-electron chi connectivity index (χ2n) is 8.24. The van der Waals surface area contributed by atoms with Crippen molar-refractivity contribution in [3.63, 3.8) is 0 Å². The Labute approximate surface area is 179 Å². The van der Waals surface area contributed by atoms with Gasteiger partial charge in [-0.2, -0.15) is 5.10 Å². The number of nitrogens with zero attached hydrogens (tertiary/aromatic N) is 4. The van der Waals surface area contributed by atoms with Crippen LogP contribution in [0.4, 0.5) is 11.6 Å². The van der Waals surface area contributed by atoms with Gasteiger partial charge in [0.05, 0.1) is 24.9 Å². The minimum absolute atomic E-state index is 0.101. The molecule has 1 aliphatic rings. The topological polar surface area (TPSA) is 137 Å². The number of carbonyl (C=O) groups excluding carboxylic acids is 1. The molecule has 1 unspecified atom stereocenters. The van der Waals surface area contributed by atoms with Gasteiger partial charge in [0.1, 0.15) is 17.4 Å². The fourth-order valence-corrected chi connectivity index (χ4v) is 3.70. The normalized spacial score (nSPS) is 16.6. The maximum absolute atomic E-state index is 12.3. The summed E-state index contributed by atoms with van der Waals surface area (Å²) in [7, 11) is 0. The minimum atomic E-state index is -0.219. The molecule has 0 aromatic carbocycles. The van der Waals surface area contributed by atoms with Crippen molar-refractivity contribution in [1.82, 2.24) is 25.0 Å². The first-order valence-corrected chi connectivity index (χ1v) is 10.5. The van der Waals surface area contributed by atoms with Gasteiger partial charge in [0.25, 0.3) is 0 Å². The molecule has 1 amide bonds. The lowest BCUT2D eigenvalue weighted by Crippen LogP contribution is -2.50. The molecule has 0 bridgehead atoms. The van der Waals surface area contributed by atoms with Gasteiger partial charge in [-0.1, -0.05) is 19.0 Å². The first-order valence-electron chi connectivity index (χ1n) is 10.5.